The maximum atomic E-state index is 12.0. The van der Waals surface area contributed by atoms with Gasteiger partial charge in [0.05, 0.1) is 23.1 Å². The lowest BCUT2D eigenvalue weighted by Crippen LogP contribution is -2.36. The summed E-state index contributed by atoms with van der Waals surface area (Å²) in [4.78, 5) is 37.2. The maximum Gasteiger partial charge on any atom is 0.335 e. The number of H-pyrrole nitrogens is 1. The molecule has 2 heterocycles. The third-order valence-corrected chi connectivity index (χ3v) is 3.87. The van der Waals surface area contributed by atoms with Crippen LogP contribution in [0.25, 0.3) is 11.0 Å². The normalized spacial score (nSPS) is 10.9. The average molecular weight is 302 g/mol. The monoisotopic (exact) mass is 302 g/mol. The van der Waals surface area contributed by atoms with Crippen LogP contribution in [0.5, 0.6) is 0 Å². The van der Waals surface area contributed by atoms with E-state index in [1.807, 2.05) is 16.8 Å². The summed E-state index contributed by atoms with van der Waals surface area (Å²) in [6, 6.07) is 6.16. The zero-order valence-electron chi connectivity index (χ0n) is 10.7. The summed E-state index contributed by atoms with van der Waals surface area (Å²) in [6.45, 7) is 0.273. The summed E-state index contributed by atoms with van der Waals surface area (Å²) in [5, 5.41) is 12.8. The molecule has 7 heteroatoms. The summed E-state index contributed by atoms with van der Waals surface area (Å²) < 4.78 is 1.35. The van der Waals surface area contributed by atoms with E-state index in [9.17, 15) is 14.4 Å². The first-order valence-corrected chi connectivity index (χ1v) is 7.02. The number of nitrogens with zero attached hydrogens (tertiary/aromatic N) is 1. The molecule has 0 aliphatic carbocycles. The molecule has 0 aliphatic heterocycles. The van der Waals surface area contributed by atoms with Crippen LogP contribution in [0.4, 0.5) is 0 Å². The summed E-state index contributed by atoms with van der Waals surface area (Å²) >= 11 is 1.50. The Kier molecular flexibility index (Phi) is 3.19. The third kappa shape index (κ3) is 2.38. The van der Waals surface area contributed by atoms with E-state index in [-0.39, 0.29) is 12.1 Å². The smallest absolute Gasteiger partial charge is 0.335 e. The minimum absolute atomic E-state index is 0.0545. The van der Waals surface area contributed by atoms with Gasteiger partial charge in [-0.15, -0.1) is 0 Å². The van der Waals surface area contributed by atoms with Gasteiger partial charge < -0.3 is 10.1 Å². The number of rotatable bonds is 3. The van der Waals surface area contributed by atoms with Crippen LogP contribution in [0.3, 0.4) is 0 Å². The van der Waals surface area contributed by atoms with Crippen LogP contribution in [0.2, 0.25) is 0 Å². The molecule has 0 saturated heterocycles. The molecule has 0 fully saturated rings. The number of thiophene rings is 1. The molecule has 21 heavy (non-hydrogen) atoms. The van der Waals surface area contributed by atoms with Gasteiger partial charge in [-0.05, 0) is 40.6 Å². The number of hydrogen-bond donors (Lipinski definition) is 2. The Morgan fingerprint density at radius 2 is 2.10 bits per heavy atom. The molecule has 3 rings (SSSR count). The van der Waals surface area contributed by atoms with Crippen LogP contribution in [0.15, 0.2) is 44.6 Å². The lowest BCUT2D eigenvalue weighted by Gasteiger charge is -2.09. The van der Waals surface area contributed by atoms with Gasteiger partial charge in [0.1, 0.15) is 0 Å². The fourth-order valence-electron chi connectivity index (χ4n) is 2.13. The second-order valence-electron chi connectivity index (χ2n) is 4.51. The molecule has 1 aromatic carbocycles. The van der Waals surface area contributed by atoms with E-state index in [1.165, 1.54) is 34.1 Å². The lowest BCUT2D eigenvalue weighted by atomic mass is 10.2. The Balaban J connectivity index is 2.26. The van der Waals surface area contributed by atoms with Crippen molar-refractivity contribution in [3.8, 4) is 0 Å². The number of carbonyl (C=O) groups is 1. The van der Waals surface area contributed by atoms with Gasteiger partial charge in [-0.3, -0.25) is 14.2 Å². The lowest BCUT2D eigenvalue weighted by molar-refractivity contribution is 0.0697. The van der Waals surface area contributed by atoms with Crippen molar-refractivity contribution in [1.29, 1.82) is 0 Å². The van der Waals surface area contributed by atoms with Gasteiger partial charge in [0, 0.05) is 0 Å². The molecule has 6 nitrogen and oxygen atoms in total. The largest absolute Gasteiger partial charge is 0.478 e. The molecular formula is C14H10N2O4S. The predicted octanol–water partition coefficient (Wildman–Crippen LogP) is 1.50. The van der Waals surface area contributed by atoms with Crippen molar-refractivity contribution in [1.82, 2.24) is 9.55 Å². The standard InChI is InChI=1S/C14H10N2O4S/c17-12-13(18)16(6-8-3-4-21-7-8)11-2-1-9(14(19)20)5-10(11)15-12/h1-5,7H,6H2,(H,15,17)(H,19,20). The van der Waals surface area contributed by atoms with Gasteiger partial charge in [0.25, 0.3) is 0 Å². The number of aromatic carboxylic acids is 1. The Morgan fingerprint density at radius 1 is 1.29 bits per heavy atom. The molecule has 0 saturated carbocycles. The van der Waals surface area contributed by atoms with Crippen LogP contribution >= 0.6 is 11.3 Å². The quantitative estimate of drug-likeness (QED) is 0.717. The number of carboxylic acids is 1. The van der Waals surface area contributed by atoms with Crippen molar-refractivity contribution in [2.24, 2.45) is 0 Å². The van der Waals surface area contributed by atoms with Crippen LogP contribution in [-0.2, 0) is 6.54 Å². The van der Waals surface area contributed by atoms with Crippen molar-refractivity contribution in [2.45, 2.75) is 6.54 Å². The third-order valence-electron chi connectivity index (χ3n) is 3.14. The molecule has 2 aromatic heterocycles. The minimum Gasteiger partial charge on any atom is -0.478 e. The molecular weight excluding hydrogens is 292 g/mol. The van der Waals surface area contributed by atoms with Gasteiger partial charge in [0.15, 0.2) is 0 Å². The van der Waals surface area contributed by atoms with Crippen LogP contribution in [0.1, 0.15) is 15.9 Å². The van der Waals surface area contributed by atoms with E-state index in [0.29, 0.717) is 11.0 Å². The Hall–Kier alpha value is -2.67. The van der Waals surface area contributed by atoms with E-state index in [4.69, 9.17) is 5.11 Å². The molecule has 0 spiro atoms. The highest BCUT2D eigenvalue weighted by Gasteiger charge is 2.11. The maximum absolute atomic E-state index is 12.0. The SMILES string of the molecule is O=C(O)c1ccc2c(c1)[nH]c(=O)c(=O)n2Cc1ccsc1. The van der Waals surface area contributed by atoms with Crippen molar-refractivity contribution in [3.05, 3.63) is 66.9 Å². The molecule has 3 aromatic rings. The van der Waals surface area contributed by atoms with Gasteiger partial charge in [-0.1, -0.05) is 0 Å². The minimum atomic E-state index is -1.09. The highest BCUT2D eigenvalue weighted by Crippen LogP contribution is 2.14. The molecule has 106 valence electrons. The van der Waals surface area contributed by atoms with Gasteiger partial charge in [-0.25, -0.2) is 4.79 Å². The van der Waals surface area contributed by atoms with Gasteiger partial charge in [0.2, 0.25) is 0 Å². The average Bonchev–Trinajstić information content (AvgIpc) is 2.96. The van der Waals surface area contributed by atoms with Crippen molar-refractivity contribution >= 4 is 28.3 Å². The van der Waals surface area contributed by atoms with E-state index < -0.39 is 17.1 Å². The fraction of sp³-hybridized carbons (Fsp3) is 0.0714. The molecule has 0 atom stereocenters. The second-order valence-corrected chi connectivity index (χ2v) is 5.29. The van der Waals surface area contributed by atoms with Gasteiger partial charge in [-0.2, -0.15) is 11.3 Å². The molecule has 0 bridgehead atoms. The first-order valence-electron chi connectivity index (χ1n) is 6.07. The Morgan fingerprint density at radius 3 is 2.76 bits per heavy atom. The number of aromatic amines is 1. The molecule has 0 amide bonds. The van der Waals surface area contributed by atoms with Crippen molar-refractivity contribution < 1.29 is 9.90 Å². The van der Waals surface area contributed by atoms with E-state index in [2.05, 4.69) is 4.98 Å². The summed E-state index contributed by atoms with van der Waals surface area (Å²) in [5.74, 6) is -1.09. The summed E-state index contributed by atoms with van der Waals surface area (Å²) in [5.41, 5.74) is 0.373. The molecule has 0 unspecified atom stereocenters. The summed E-state index contributed by atoms with van der Waals surface area (Å²) in [6.07, 6.45) is 0. The Labute approximate surface area is 121 Å². The van der Waals surface area contributed by atoms with Crippen molar-refractivity contribution in [3.63, 3.8) is 0 Å². The molecule has 0 radical (unpaired) electrons. The number of aromatic nitrogens is 2. The van der Waals surface area contributed by atoms with Crippen LogP contribution < -0.4 is 11.1 Å². The number of benzene rings is 1. The van der Waals surface area contributed by atoms with E-state index in [1.54, 1.807) is 0 Å². The van der Waals surface area contributed by atoms with E-state index in [0.717, 1.165) is 5.56 Å². The molecule has 0 aliphatic rings. The van der Waals surface area contributed by atoms with Crippen molar-refractivity contribution in [2.75, 3.05) is 0 Å². The summed E-state index contributed by atoms with van der Waals surface area (Å²) in [7, 11) is 0. The first-order chi connectivity index (χ1) is 10.1. The Bertz CT molecular complexity index is 938. The topological polar surface area (TPSA) is 92.2 Å². The highest BCUT2D eigenvalue weighted by atomic mass is 32.1. The fourth-order valence-corrected chi connectivity index (χ4v) is 2.79. The zero-order valence-corrected chi connectivity index (χ0v) is 11.5. The number of fused-ring (bicyclic) bond motifs is 1. The van der Waals surface area contributed by atoms with E-state index >= 15 is 0 Å². The number of hydrogen-bond acceptors (Lipinski definition) is 4. The molecule has 2 N–H and O–H groups in total. The van der Waals surface area contributed by atoms with Crippen LogP contribution in [0, 0.1) is 0 Å². The predicted molar refractivity (Wildman–Crippen MR) is 79.2 cm³/mol. The second kappa shape index (κ2) is 5.02. The van der Waals surface area contributed by atoms with Gasteiger partial charge >= 0.3 is 17.1 Å². The highest BCUT2D eigenvalue weighted by molar-refractivity contribution is 7.07. The number of nitrogens with one attached hydrogen (secondary N) is 1. The number of carboxylic acid groups (broad SMARTS) is 1. The van der Waals surface area contributed by atoms with Crippen LogP contribution in [-0.4, -0.2) is 20.6 Å². The zero-order chi connectivity index (χ0) is 15.0. The first kappa shape index (κ1) is 13.3.